The highest BCUT2D eigenvalue weighted by Gasteiger charge is 2.16. The van der Waals surface area contributed by atoms with E-state index in [1.165, 1.54) is 4.90 Å². The number of fused-ring (bicyclic) bond motifs is 1. The van der Waals surface area contributed by atoms with Gasteiger partial charge in [-0.1, -0.05) is 13.8 Å². The summed E-state index contributed by atoms with van der Waals surface area (Å²) in [4.78, 5) is 20.0. The van der Waals surface area contributed by atoms with E-state index < -0.39 is 0 Å². The lowest BCUT2D eigenvalue weighted by Crippen LogP contribution is -3.10. The van der Waals surface area contributed by atoms with Crippen molar-refractivity contribution in [1.29, 1.82) is 0 Å². The number of aromatic nitrogens is 1. The minimum absolute atomic E-state index is 0.185. The topological polar surface area (TPSA) is 40.5 Å². The van der Waals surface area contributed by atoms with Crippen molar-refractivity contribution in [2.24, 2.45) is 0 Å². The molecule has 4 nitrogen and oxygen atoms in total. The van der Waals surface area contributed by atoms with E-state index in [9.17, 15) is 4.79 Å². The van der Waals surface area contributed by atoms with Gasteiger partial charge in [0.1, 0.15) is 6.54 Å². The van der Waals surface area contributed by atoms with Crippen LogP contribution in [0.25, 0.3) is 10.9 Å². The summed E-state index contributed by atoms with van der Waals surface area (Å²) in [5.74, 6) is 0. The van der Waals surface area contributed by atoms with Gasteiger partial charge in [0.25, 0.3) is 0 Å². The number of rotatable bonds is 7. The van der Waals surface area contributed by atoms with Gasteiger partial charge in [-0.2, -0.15) is 0 Å². The van der Waals surface area contributed by atoms with Crippen LogP contribution >= 0.6 is 0 Å². The molecule has 0 radical (unpaired) electrons. The Hall–Kier alpha value is -1.81. The van der Waals surface area contributed by atoms with E-state index in [0.29, 0.717) is 0 Å². The van der Waals surface area contributed by atoms with E-state index in [1.54, 1.807) is 0 Å². The molecule has 126 valence electrons. The van der Waals surface area contributed by atoms with Crippen molar-refractivity contribution in [2.45, 2.75) is 40.2 Å². The lowest BCUT2D eigenvalue weighted by Gasteiger charge is -2.19. The molecule has 2 rings (SSSR count). The zero-order valence-electron chi connectivity index (χ0n) is 15.1. The SMILES string of the molecule is CCC[NH+](CCC)Cc1c(C)[nH]c2ccc(N(C)C)cc2c1=O. The molecule has 4 heteroatoms. The molecule has 0 unspecified atom stereocenters. The van der Waals surface area contributed by atoms with Gasteiger partial charge in [-0.05, 0) is 38.0 Å². The van der Waals surface area contributed by atoms with Gasteiger partial charge in [0.2, 0.25) is 0 Å². The summed E-state index contributed by atoms with van der Waals surface area (Å²) in [5.41, 5.74) is 4.11. The summed E-state index contributed by atoms with van der Waals surface area (Å²) < 4.78 is 0. The van der Waals surface area contributed by atoms with Gasteiger partial charge in [-0.25, -0.2) is 0 Å². The summed E-state index contributed by atoms with van der Waals surface area (Å²) in [7, 11) is 4.00. The maximum absolute atomic E-state index is 13.0. The lowest BCUT2D eigenvalue weighted by molar-refractivity contribution is -0.914. The fourth-order valence-corrected chi connectivity index (χ4v) is 3.19. The first-order valence-electron chi connectivity index (χ1n) is 8.64. The van der Waals surface area contributed by atoms with Gasteiger partial charge < -0.3 is 14.8 Å². The first kappa shape index (κ1) is 17.5. The normalized spacial score (nSPS) is 11.4. The highest BCUT2D eigenvalue weighted by molar-refractivity contribution is 5.83. The summed E-state index contributed by atoms with van der Waals surface area (Å²) >= 11 is 0. The fourth-order valence-electron chi connectivity index (χ4n) is 3.19. The first-order chi connectivity index (χ1) is 11.0. The Kier molecular flexibility index (Phi) is 5.83. The third-order valence-electron chi connectivity index (χ3n) is 4.45. The summed E-state index contributed by atoms with van der Waals surface area (Å²) in [6, 6.07) is 6.05. The number of hydrogen-bond donors (Lipinski definition) is 2. The number of aryl methyl sites for hydroxylation is 1. The van der Waals surface area contributed by atoms with Gasteiger partial charge in [0.05, 0.1) is 18.7 Å². The van der Waals surface area contributed by atoms with Crippen LogP contribution in [0, 0.1) is 6.92 Å². The molecule has 0 saturated carbocycles. The molecule has 2 N–H and O–H groups in total. The predicted octanol–water partition coefficient (Wildman–Crippen LogP) is 2.11. The maximum Gasteiger partial charge on any atom is 0.198 e. The zero-order chi connectivity index (χ0) is 17.0. The van der Waals surface area contributed by atoms with Crippen molar-refractivity contribution in [3.8, 4) is 0 Å². The van der Waals surface area contributed by atoms with Crippen molar-refractivity contribution >= 4 is 16.6 Å². The minimum Gasteiger partial charge on any atom is -0.378 e. The molecule has 23 heavy (non-hydrogen) atoms. The van der Waals surface area contributed by atoms with Gasteiger partial charge in [-0.3, -0.25) is 4.79 Å². The highest BCUT2D eigenvalue weighted by atomic mass is 16.1. The molecule has 0 aliphatic heterocycles. The maximum atomic E-state index is 13.0. The van der Waals surface area contributed by atoms with Gasteiger partial charge >= 0.3 is 0 Å². The van der Waals surface area contributed by atoms with Crippen LogP contribution in [-0.2, 0) is 6.54 Å². The zero-order valence-corrected chi connectivity index (χ0v) is 15.1. The number of pyridine rings is 1. The molecule has 1 aromatic carbocycles. The fraction of sp³-hybridized carbons (Fsp3) is 0.526. The number of anilines is 1. The van der Waals surface area contributed by atoms with Crippen LogP contribution in [0.15, 0.2) is 23.0 Å². The van der Waals surface area contributed by atoms with E-state index in [-0.39, 0.29) is 5.43 Å². The average Bonchev–Trinajstić information content (AvgIpc) is 2.51. The molecule has 0 fully saturated rings. The number of benzene rings is 1. The quantitative estimate of drug-likeness (QED) is 0.821. The van der Waals surface area contributed by atoms with Crippen LogP contribution in [0.5, 0.6) is 0 Å². The number of H-pyrrole nitrogens is 1. The predicted molar refractivity (Wildman–Crippen MR) is 98.6 cm³/mol. The lowest BCUT2D eigenvalue weighted by atomic mass is 10.1. The van der Waals surface area contributed by atoms with Crippen molar-refractivity contribution in [2.75, 3.05) is 32.1 Å². The second-order valence-corrected chi connectivity index (χ2v) is 6.61. The molecule has 0 bridgehead atoms. The smallest absolute Gasteiger partial charge is 0.198 e. The number of nitrogens with zero attached hydrogens (tertiary/aromatic N) is 1. The minimum atomic E-state index is 0.185. The summed E-state index contributed by atoms with van der Waals surface area (Å²) in [6.45, 7) is 9.47. The van der Waals surface area contributed by atoms with Crippen LogP contribution in [0.3, 0.4) is 0 Å². The van der Waals surface area contributed by atoms with Crippen LogP contribution in [0.2, 0.25) is 0 Å². The largest absolute Gasteiger partial charge is 0.378 e. The Bertz CT molecular complexity index is 712. The number of quaternary nitrogens is 1. The monoisotopic (exact) mass is 316 g/mol. The molecule has 0 saturated heterocycles. The van der Waals surface area contributed by atoms with E-state index in [1.807, 2.05) is 44.1 Å². The van der Waals surface area contributed by atoms with Gasteiger partial charge in [0.15, 0.2) is 5.43 Å². The molecular formula is C19H30N3O+. The number of nitrogens with one attached hydrogen (secondary N) is 2. The first-order valence-corrected chi connectivity index (χ1v) is 8.64. The van der Waals surface area contributed by atoms with E-state index in [4.69, 9.17) is 0 Å². The van der Waals surface area contributed by atoms with Crippen molar-refractivity contribution < 1.29 is 4.90 Å². The second-order valence-electron chi connectivity index (χ2n) is 6.61. The Balaban J connectivity index is 2.48. The van der Waals surface area contributed by atoms with E-state index >= 15 is 0 Å². The molecule has 0 aliphatic carbocycles. The van der Waals surface area contributed by atoms with E-state index in [0.717, 1.165) is 60.3 Å². The second kappa shape index (κ2) is 7.64. The average molecular weight is 316 g/mol. The van der Waals surface area contributed by atoms with E-state index in [2.05, 4.69) is 18.8 Å². The van der Waals surface area contributed by atoms with Crippen molar-refractivity contribution in [3.63, 3.8) is 0 Å². The third-order valence-corrected chi connectivity index (χ3v) is 4.45. The van der Waals surface area contributed by atoms with Crippen molar-refractivity contribution in [3.05, 3.63) is 39.7 Å². The molecule has 1 aromatic heterocycles. The van der Waals surface area contributed by atoms with Gasteiger partial charge in [-0.15, -0.1) is 0 Å². The number of aromatic amines is 1. The molecule has 0 aliphatic rings. The Labute approximate surface area is 139 Å². The van der Waals surface area contributed by atoms with Crippen LogP contribution in [-0.4, -0.2) is 32.2 Å². The highest BCUT2D eigenvalue weighted by Crippen LogP contribution is 2.18. The molecule has 2 aromatic rings. The standard InChI is InChI=1S/C19H29N3O/c1-6-10-22(11-7-2)13-17-14(3)20-18-9-8-15(21(4)5)12-16(18)19(17)23/h8-9,12H,6-7,10-11,13H2,1-5H3,(H,20,23)/p+1. The van der Waals surface area contributed by atoms with Crippen LogP contribution < -0.4 is 15.2 Å². The molecule has 1 heterocycles. The Morgan fingerprint density at radius 2 is 1.78 bits per heavy atom. The third kappa shape index (κ3) is 3.94. The van der Waals surface area contributed by atoms with Gasteiger partial charge in [0, 0.05) is 36.4 Å². The summed E-state index contributed by atoms with van der Waals surface area (Å²) in [5, 5.41) is 0.796. The summed E-state index contributed by atoms with van der Waals surface area (Å²) in [6.07, 6.45) is 2.29. The van der Waals surface area contributed by atoms with Crippen LogP contribution in [0.4, 0.5) is 5.69 Å². The Morgan fingerprint density at radius 3 is 2.35 bits per heavy atom. The molecule has 0 spiro atoms. The van der Waals surface area contributed by atoms with Crippen molar-refractivity contribution in [1.82, 2.24) is 4.98 Å². The number of hydrogen-bond acceptors (Lipinski definition) is 2. The molecule has 0 atom stereocenters. The molecule has 0 amide bonds. The Morgan fingerprint density at radius 1 is 1.13 bits per heavy atom. The van der Waals surface area contributed by atoms with Crippen LogP contribution in [0.1, 0.15) is 37.9 Å². The molecular weight excluding hydrogens is 286 g/mol.